The Morgan fingerprint density at radius 3 is 2.95 bits per heavy atom. The molecule has 0 saturated carbocycles. The Balaban J connectivity index is 1.67. The van der Waals surface area contributed by atoms with Crippen molar-refractivity contribution >= 4 is 11.6 Å². The molecule has 0 saturated heterocycles. The van der Waals surface area contributed by atoms with Gasteiger partial charge < -0.3 is 5.32 Å². The standard InChI is InChI=1S/C13H16N6/c1-10-8-15-18(9-10)7-5-14-13-16-12-11(2)4-3-6-19(12)17-13/h3-4,6,8-9H,5,7H2,1-2H3,(H,14,17). The molecule has 0 aromatic carbocycles. The molecule has 0 amide bonds. The maximum atomic E-state index is 4.46. The molecule has 6 heteroatoms. The molecular weight excluding hydrogens is 240 g/mol. The van der Waals surface area contributed by atoms with Crippen LogP contribution in [0.15, 0.2) is 30.7 Å². The number of hydrogen-bond donors (Lipinski definition) is 1. The lowest BCUT2D eigenvalue weighted by atomic mass is 10.3. The summed E-state index contributed by atoms with van der Waals surface area (Å²) in [5.41, 5.74) is 3.17. The topological polar surface area (TPSA) is 60.0 Å². The first-order chi connectivity index (χ1) is 9.22. The van der Waals surface area contributed by atoms with Crippen LogP contribution < -0.4 is 5.32 Å². The van der Waals surface area contributed by atoms with Crippen LogP contribution in [0.3, 0.4) is 0 Å². The number of nitrogens with zero attached hydrogens (tertiary/aromatic N) is 5. The number of aromatic nitrogens is 5. The lowest BCUT2D eigenvalue weighted by Crippen LogP contribution is -2.11. The highest BCUT2D eigenvalue weighted by atomic mass is 15.4. The molecule has 0 fully saturated rings. The van der Waals surface area contributed by atoms with E-state index in [0.717, 1.165) is 24.3 Å². The molecule has 3 aromatic heterocycles. The predicted molar refractivity (Wildman–Crippen MR) is 73.2 cm³/mol. The van der Waals surface area contributed by atoms with Crippen molar-refractivity contribution in [3.8, 4) is 0 Å². The zero-order valence-electron chi connectivity index (χ0n) is 11.0. The Morgan fingerprint density at radius 1 is 1.32 bits per heavy atom. The van der Waals surface area contributed by atoms with Crippen LogP contribution in [0.1, 0.15) is 11.1 Å². The highest BCUT2D eigenvalue weighted by Gasteiger charge is 2.04. The van der Waals surface area contributed by atoms with Crippen molar-refractivity contribution in [3.05, 3.63) is 41.9 Å². The van der Waals surface area contributed by atoms with E-state index in [9.17, 15) is 0 Å². The van der Waals surface area contributed by atoms with Gasteiger partial charge in [-0.25, -0.2) is 4.52 Å². The minimum Gasteiger partial charge on any atom is -0.351 e. The number of fused-ring (bicyclic) bond motifs is 1. The highest BCUT2D eigenvalue weighted by molar-refractivity contribution is 5.49. The second-order valence-corrected chi connectivity index (χ2v) is 4.60. The van der Waals surface area contributed by atoms with Gasteiger partial charge in [-0.1, -0.05) is 6.07 Å². The Hall–Kier alpha value is -2.37. The molecule has 0 unspecified atom stereocenters. The molecule has 3 aromatic rings. The van der Waals surface area contributed by atoms with Crippen molar-refractivity contribution < 1.29 is 0 Å². The Bertz CT molecular complexity index is 696. The van der Waals surface area contributed by atoms with E-state index < -0.39 is 0 Å². The number of anilines is 1. The maximum Gasteiger partial charge on any atom is 0.243 e. The third kappa shape index (κ3) is 2.42. The molecule has 0 radical (unpaired) electrons. The first kappa shape index (κ1) is 11.7. The smallest absolute Gasteiger partial charge is 0.243 e. The van der Waals surface area contributed by atoms with Gasteiger partial charge in [0.2, 0.25) is 5.95 Å². The largest absolute Gasteiger partial charge is 0.351 e. The fraction of sp³-hybridized carbons (Fsp3) is 0.308. The Kier molecular flexibility index (Phi) is 2.91. The molecule has 0 atom stereocenters. The predicted octanol–water partition coefficient (Wildman–Crippen LogP) is 1.65. The lowest BCUT2D eigenvalue weighted by molar-refractivity contribution is 0.635. The fourth-order valence-electron chi connectivity index (χ4n) is 1.99. The molecule has 98 valence electrons. The number of hydrogen-bond acceptors (Lipinski definition) is 4. The molecule has 0 aliphatic heterocycles. The second-order valence-electron chi connectivity index (χ2n) is 4.60. The van der Waals surface area contributed by atoms with Gasteiger partial charge in [0.05, 0.1) is 12.7 Å². The third-order valence-corrected chi connectivity index (χ3v) is 2.94. The zero-order chi connectivity index (χ0) is 13.2. The van der Waals surface area contributed by atoms with Gasteiger partial charge in [-0.05, 0) is 31.0 Å². The molecule has 3 rings (SSSR count). The fourth-order valence-corrected chi connectivity index (χ4v) is 1.99. The van der Waals surface area contributed by atoms with E-state index in [1.807, 2.05) is 49.3 Å². The molecular formula is C13H16N6. The monoisotopic (exact) mass is 256 g/mol. The molecule has 0 bridgehead atoms. The van der Waals surface area contributed by atoms with Crippen molar-refractivity contribution in [2.24, 2.45) is 0 Å². The first-order valence-corrected chi connectivity index (χ1v) is 6.27. The van der Waals surface area contributed by atoms with Crippen molar-refractivity contribution in [2.45, 2.75) is 20.4 Å². The third-order valence-electron chi connectivity index (χ3n) is 2.94. The lowest BCUT2D eigenvalue weighted by Gasteiger charge is -2.01. The van der Waals surface area contributed by atoms with E-state index in [0.29, 0.717) is 5.95 Å². The summed E-state index contributed by atoms with van der Waals surface area (Å²) in [6, 6.07) is 3.99. The summed E-state index contributed by atoms with van der Waals surface area (Å²) in [6.45, 7) is 5.60. The SMILES string of the molecule is Cc1cnn(CCNc2nc3c(C)cccn3n2)c1. The van der Waals surface area contributed by atoms with Gasteiger partial charge in [0, 0.05) is 18.9 Å². The zero-order valence-corrected chi connectivity index (χ0v) is 11.0. The molecule has 0 spiro atoms. The Labute approximate surface area is 111 Å². The molecule has 1 N–H and O–H groups in total. The number of pyridine rings is 1. The highest BCUT2D eigenvalue weighted by Crippen LogP contribution is 2.09. The average Bonchev–Trinajstić information content (AvgIpc) is 2.97. The minimum atomic E-state index is 0.651. The van der Waals surface area contributed by atoms with Crippen LogP contribution in [0.2, 0.25) is 0 Å². The van der Waals surface area contributed by atoms with Crippen molar-refractivity contribution in [3.63, 3.8) is 0 Å². The van der Waals surface area contributed by atoms with E-state index in [2.05, 4.69) is 20.5 Å². The summed E-state index contributed by atoms with van der Waals surface area (Å²) in [7, 11) is 0. The van der Waals surface area contributed by atoms with Gasteiger partial charge in [0.1, 0.15) is 0 Å². The number of aryl methyl sites for hydroxylation is 2. The summed E-state index contributed by atoms with van der Waals surface area (Å²) in [4.78, 5) is 4.46. The summed E-state index contributed by atoms with van der Waals surface area (Å²) in [6.07, 6.45) is 5.77. The van der Waals surface area contributed by atoms with Crippen LogP contribution in [0.4, 0.5) is 5.95 Å². The van der Waals surface area contributed by atoms with E-state index in [-0.39, 0.29) is 0 Å². The molecule has 6 nitrogen and oxygen atoms in total. The second kappa shape index (κ2) is 4.72. The minimum absolute atomic E-state index is 0.651. The van der Waals surface area contributed by atoms with Gasteiger partial charge in [-0.15, -0.1) is 5.10 Å². The van der Waals surface area contributed by atoms with Gasteiger partial charge >= 0.3 is 0 Å². The molecule has 0 aliphatic rings. The van der Waals surface area contributed by atoms with Crippen LogP contribution in [0.5, 0.6) is 0 Å². The summed E-state index contributed by atoms with van der Waals surface area (Å²) >= 11 is 0. The van der Waals surface area contributed by atoms with Crippen LogP contribution in [0.25, 0.3) is 5.65 Å². The van der Waals surface area contributed by atoms with Gasteiger partial charge in [0.25, 0.3) is 0 Å². The summed E-state index contributed by atoms with van der Waals surface area (Å²) in [5, 5.41) is 11.8. The van der Waals surface area contributed by atoms with E-state index >= 15 is 0 Å². The first-order valence-electron chi connectivity index (χ1n) is 6.27. The number of rotatable bonds is 4. The van der Waals surface area contributed by atoms with Gasteiger partial charge in [0.15, 0.2) is 5.65 Å². The molecule has 19 heavy (non-hydrogen) atoms. The van der Waals surface area contributed by atoms with E-state index in [1.54, 1.807) is 4.52 Å². The quantitative estimate of drug-likeness (QED) is 0.771. The Morgan fingerprint density at radius 2 is 2.21 bits per heavy atom. The van der Waals surface area contributed by atoms with E-state index in [1.165, 1.54) is 5.56 Å². The summed E-state index contributed by atoms with van der Waals surface area (Å²) in [5.74, 6) is 0.651. The van der Waals surface area contributed by atoms with E-state index in [4.69, 9.17) is 0 Å². The van der Waals surface area contributed by atoms with Gasteiger partial charge in [-0.3, -0.25) is 4.68 Å². The van der Waals surface area contributed by atoms with Crippen LogP contribution in [0, 0.1) is 13.8 Å². The maximum absolute atomic E-state index is 4.46. The van der Waals surface area contributed by atoms with Crippen molar-refractivity contribution in [2.75, 3.05) is 11.9 Å². The molecule has 3 heterocycles. The van der Waals surface area contributed by atoms with Crippen LogP contribution in [-0.4, -0.2) is 30.9 Å². The van der Waals surface area contributed by atoms with Gasteiger partial charge in [-0.2, -0.15) is 10.1 Å². The van der Waals surface area contributed by atoms with Crippen LogP contribution >= 0.6 is 0 Å². The van der Waals surface area contributed by atoms with Crippen molar-refractivity contribution in [1.29, 1.82) is 0 Å². The number of nitrogens with one attached hydrogen (secondary N) is 1. The average molecular weight is 256 g/mol. The molecule has 0 aliphatic carbocycles. The van der Waals surface area contributed by atoms with Crippen LogP contribution in [-0.2, 0) is 6.54 Å². The normalized spacial score (nSPS) is 11.1. The summed E-state index contributed by atoms with van der Waals surface area (Å²) < 4.78 is 3.69. The van der Waals surface area contributed by atoms with Crippen molar-refractivity contribution in [1.82, 2.24) is 24.4 Å².